The second-order valence-corrected chi connectivity index (χ2v) is 14.0. The van der Waals surface area contributed by atoms with Gasteiger partial charge in [-0.3, -0.25) is 0 Å². The molecule has 0 aliphatic heterocycles. The van der Waals surface area contributed by atoms with Crippen LogP contribution in [0, 0.1) is 0 Å². The summed E-state index contributed by atoms with van der Waals surface area (Å²) in [6.45, 7) is 15.7. The van der Waals surface area contributed by atoms with Crippen LogP contribution in [0.5, 0.6) is 0 Å². The first-order chi connectivity index (χ1) is 18.5. The van der Waals surface area contributed by atoms with Gasteiger partial charge in [-0.05, 0) is 67.5 Å². The van der Waals surface area contributed by atoms with Gasteiger partial charge in [0.2, 0.25) is 0 Å². The van der Waals surface area contributed by atoms with Crippen LogP contribution >= 0.6 is 0 Å². The third-order valence-corrected chi connectivity index (χ3v) is 8.92. The monoisotopic (exact) mass is 606 g/mol. The molecule has 0 saturated carbocycles. The van der Waals surface area contributed by atoms with Crippen molar-refractivity contribution in [2.45, 2.75) is 88.9 Å². The predicted octanol–water partition coefficient (Wildman–Crippen LogP) is 7.60. The fraction of sp³-hybridized carbons (Fsp3) is 0.375. The molecule has 41 heavy (non-hydrogen) atoms. The molecule has 0 unspecified atom stereocenters. The summed E-state index contributed by atoms with van der Waals surface area (Å²) in [7, 11) is -9.02. The average molecular weight is 607 g/mol. The number of benzene rings is 4. The Hall–Kier alpha value is -2.01. The predicted molar refractivity (Wildman–Crippen MR) is 166 cm³/mol. The summed E-state index contributed by atoms with van der Waals surface area (Å²) in [5, 5.41) is 2.65. The summed E-state index contributed by atoms with van der Waals surface area (Å²) < 4.78 is 70.7. The molecule has 4 aromatic carbocycles. The Balaban J connectivity index is 0.000000280. The third-order valence-electron chi connectivity index (χ3n) is 7.04. The first-order valence-electron chi connectivity index (χ1n) is 13.5. The van der Waals surface area contributed by atoms with Gasteiger partial charge >= 0.3 is 23.1 Å². The van der Waals surface area contributed by atoms with E-state index in [1.165, 1.54) is 0 Å². The number of hydrogen-bond donors (Lipinski definition) is 0. The zero-order valence-corrected chi connectivity index (χ0v) is 28.1. The first-order valence-corrected chi connectivity index (χ1v) is 16.3. The van der Waals surface area contributed by atoms with Gasteiger partial charge in [0.1, 0.15) is 20.2 Å². The summed E-state index contributed by atoms with van der Waals surface area (Å²) in [5.74, 6) is 0.293. The first kappa shape index (κ1) is 35.2. The Bertz CT molecular complexity index is 1630. The van der Waals surface area contributed by atoms with Crippen LogP contribution in [0.25, 0.3) is 21.5 Å². The van der Waals surface area contributed by atoms with Gasteiger partial charge in [-0.25, -0.2) is 16.8 Å². The smallest absolute Gasteiger partial charge is 0.744 e. The van der Waals surface area contributed by atoms with Crippen molar-refractivity contribution in [3.63, 3.8) is 0 Å². The minimum atomic E-state index is -4.51. The Morgan fingerprint density at radius 2 is 0.805 bits per heavy atom. The summed E-state index contributed by atoms with van der Waals surface area (Å²) in [6.07, 6.45) is 0. The topological polar surface area (TPSA) is 114 Å². The van der Waals surface area contributed by atoms with E-state index < -0.39 is 20.2 Å². The molecule has 0 saturated heterocycles. The molecule has 0 aliphatic rings. The second kappa shape index (κ2) is 13.5. The van der Waals surface area contributed by atoms with Gasteiger partial charge in [0.15, 0.2) is 0 Å². The van der Waals surface area contributed by atoms with Crippen LogP contribution in [-0.4, -0.2) is 49.0 Å². The van der Waals surface area contributed by atoms with E-state index in [9.17, 15) is 25.9 Å². The molecular weight excluding hydrogens is 569 g/mol. The Morgan fingerprint density at radius 1 is 0.512 bits per heavy atom. The van der Waals surface area contributed by atoms with Crippen molar-refractivity contribution < 1.29 is 25.9 Å². The molecular formula is C32H38MgO6S2. The van der Waals surface area contributed by atoms with Crippen molar-refractivity contribution in [2.75, 3.05) is 0 Å². The third kappa shape index (κ3) is 7.69. The molecule has 0 fully saturated rings. The van der Waals surface area contributed by atoms with Crippen molar-refractivity contribution in [1.82, 2.24) is 0 Å². The van der Waals surface area contributed by atoms with Gasteiger partial charge in [-0.1, -0.05) is 116 Å². The van der Waals surface area contributed by atoms with Gasteiger partial charge < -0.3 is 9.11 Å². The molecule has 0 N–H and O–H groups in total. The molecule has 4 aromatic rings. The summed E-state index contributed by atoms with van der Waals surface area (Å²) in [5.41, 5.74) is 3.20. The van der Waals surface area contributed by atoms with Gasteiger partial charge in [0.25, 0.3) is 0 Å². The molecule has 0 radical (unpaired) electrons. The molecule has 0 amide bonds. The zero-order valence-electron chi connectivity index (χ0n) is 25.1. The molecule has 0 atom stereocenters. The van der Waals surface area contributed by atoms with E-state index in [0.717, 1.165) is 21.9 Å². The number of hydrogen-bond acceptors (Lipinski definition) is 6. The minimum Gasteiger partial charge on any atom is -0.744 e. The molecule has 216 valence electrons. The second-order valence-electron chi connectivity index (χ2n) is 11.4. The van der Waals surface area contributed by atoms with Gasteiger partial charge in [-0.15, -0.1) is 0 Å². The van der Waals surface area contributed by atoms with E-state index in [-0.39, 0.29) is 56.5 Å². The molecule has 6 nitrogen and oxygen atoms in total. The largest absolute Gasteiger partial charge is 2.00 e. The SMILES string of the molecule is CC(C)c1cc2ccccc2c(S(=O)(=O)[O-])c1C(C)C.CC(C)c1cc2ccccc2c(S(=O)(=O)[O-])c1C(C)C.[Mg+2]. The van der Waals surface area contributed by atoms with Crippen molar-refractivity contribution in [3.8, 4) is 0 Å². The minimum absolute atomic E-state index is 0. The van der Waals surface area contributed by atoms with Crippen LogP contribution in [0.3, 0.4) is 0 Å². The quantitative estimate of drug-likeness (QED) is 0.165. The van der Waals surface area contributed by atoms with E-state index in [4.69, 9.17) is 0 Å². The van der Waals surface area contributed by atoms with E-state index >= 15 is 0 Å². The average Bonchev–Trinajstić information content (AvgIpc) is 2.85. The molecule has 0 spiro atoms. The van der Waals surface area contributed by atoms with Crippen molar-refractivity contribution in [1.29, 1.82) is 0 Å². The standard InChI is InChI=1S/2C16H20O3S.Mg/c2*1-10(2)14-9-12-7-5-6-8-13(12)16(20(17,18)19)15(14)11(3)4;/h2*5-11H,1-4H3,(H,17,18,19);/q;;+2/p-2. The molecule has 4 rings (SSSR count). The Labute approximate surface area is 261 Å². The Morgan fingerprint density at radius 3 is 1.05 bits per heavy atom. The van der Waals surface area contributed by atoms with Crippen LogP contribution in [0.15, 0.2) is 70.5 Å². The summed E-state index contributed by atoms with van der Waals surface area (Å²) >= 11 is 0. The van der Waals surface area contributed by atoms with Gasteiger partial charge in [-0.2, -0.15) is 0 Å². The molecule has 0 bridgehead atoms. The normalized spacial score (nSPS) is 12.2. The fourth-order valence-corrected chi connectivity index (χ4v) is 7.54. The molecule has 0 aromatic heterocycles. The van der Waals surface area contributed by atoms with E-state index in [2.05, 4.69) is 0 Å². The summed E-state index contributed by atoms with van der Waals surface area (Å²) in [4.78, 5) is -0.0939. The maximum Gasteiger partial charge on any atom is 2.00 e. The van der Waals surface area contributed by atoms with Crippen molar-refractivity contribution in [3.05, 3.63) is 82.9 Å². The molecule has 0 aliphatic carbocycles. The van der Waals surface area contributed by atoms with E-state index in [1.807, 2.05) is 91.8 Å². The zero-order chi connectivity index (χ0) is 30.2. The molecule has 9 heteroatoms. The van der Waals surface area contributed by atoms with Crippen molar-refractivity contribution >= 4 is 64.8 Å². The number of fused-ring (bicyclic) bond motifs is 2. The number of rotatable bonds is 6. The van der Waals surface area contributed by atoms with Gasteiger partial charge in [0, 0.05) is 0 Å². The van der Waals surface area contributed by atoms with Crippen LogP contribution in [0.1, 0.15) is 101 Å². The van der Waals surface area contributed by atoms with Crippen LogP contribution in [0.4, 0.5) is 0 Å². The maximum absolute atomic E-state index is 11.8. The Kier molecular flexibility index (Phi) is 11.6. The van der Waals surface area contributed by atoms with E-state index in [0.29, 0.717) is 21.9 Å². The van der Waals surface area contributed by atoms with Crippen LogP contribution in [-0.2, 0) is 20.2 Å². The molecule has 0 heterocycles. The fourth-order valence-electron chi connectivity index (χ4n) is 5.39. The van der Waals surface area contributed by atoms with Gasteiger partial charge in [0.05, 0.1) is 9.79 Å². The summed E-state index contributed by atoms with van der Waals surface area (Å²) in [6, 6.07) is 18.3. The van der Waals surface area contributed by atoms with E-state index in [1.54, 1.807) is 24.3 Å². The maximum atomic E-state index is 11.8. The van der Waals surface area contributed by atoms with Crippen LogP contribution in [0.2, 0.25) is 0 Å². The van der Waals surface area contributed by atoms with Crippen LogP contribution < -0.4 is 0 Å². The van der Waals surface area contributed by atoms with Crippen molar-refractivity contribution in [2.24, 2.45) is 0 Å².